The highest BCUT2D eigenvalue weighted by Crippen LogP contribution is 2.14. The summed E-state index contributed by atoms with van der Waals surface area (Å²) in [5, 5.41) is 10.1. The van der Waals surface area contributed by atoms with Gasteiger partial charge in [-0.2, -0.15) is 0 Å². The van der Waals surface area contributed by atoms with Gasteiger partial charge in [0.05, 0.1) is 0 Å². The van der Waals surface area contributed by atoms with Crippen LogP contribution in [-0.4, -0.2) is 42.7 Å². The van der Waals surface area contributed by atoms with E-state index in [9.17, 15) is 9.59 Å². The molecule has 0 aliphatic heterocycles. The molecule has 0 atom stereocenters. The number of nitrogens with two attached hydrogens (primary N) is 1. The number of anilines is 1. The molecule has 0 saturated carbocycles. The van der Waals surface area contributed by atoms with Crippen LogP contribution >= 0.6 is 0 Å². The summed E-state index contributed by atoms with van der Waals surface area (Å²) in [6.45, 7) is 2.62. The van der Waals surface area contributed by atoms with Crippen LogP contribution in [0.1, 0.15) is 35.7 Å². The summed E-state index contributed by atoms with van der Waals surface area (Å²) >= 11 is 0. The monoisotopic (exact) mass is 382 g/mol. The molecule has 0 saturated heterocycles. The van der Waals surface area contributed by atoms with Gasteiger partial charge in [-0.15, -0.1) is 0 Å². The number of benzene rings is 2. The number of nitrogens with one attached hydrogen (secondary N) is 2. The van der Waals surface area contributed by atoms with E-state index in [0.29, 0.717) is 22.6 Å². The molecule has 2 aromatic rings. The van der Waals surface area contributed by atoms with Crippen molar-refractivity contribution in [1.82, 2.24) is 4.90 Å². The van der Waals surface area contributed by atoms with Gasteiger partial charge in [-0.3, -0.25) is 15.0 Å². The zero-order chi connectivity index (χ0) is 20.5. The van der Waals surface area contributed by atoms with E-state index < -0.39 is 0 Å². The summed E-state index contributed by atoms with van der Waals surface area (Å²) < 4.78 is 5.44. The summed E-state index contributed by atoms with van der Waals surface area (Å²) in [6, 6.07) is 13.5. The van der Waals surface area contributed by atoms with Gasteiger partial charge in [0.1, 0.15) is 11.6 Å². The van der Waals surface area contributed by atoms with Crippen LogP contribution in [0.4, 0.5) is 5.69 Å². The summed E-state index contributed by atoms with van der Waals surface area (Å²) in [6.07, 6.45) is 2.00. The molecule has 0 heterocycles. The van der Waals surface area contributed by atoms with Gasteiger partial charge in [-0.05, 0) is 42.8 Å². The van der Waals surface area contributed by atoms with Crippen molar-refractivity contribution >= 4 is 23.3 Å². The normalized spacial score (nSPS) is 10.2. The molecule has 7 nitrogen and oxygen atoms in total. The second-order valence-electron chi connectivity index (χ2n) is 6.44. The van der Waals surface area contributed by atoms with Crippen molar-refractivity contribution in [3.05, 3.63) is 59.7 Å². The number of unbranched alkanes of at least 4 members (excludes halogenated alkanes) is 1. The van der Waals surface area contributed by atoms with E-state index >= 15 is 0 Å². The number of nitrogens with zero attached hydrogens (tertiary/aromatic N) is 1. The van der Waals surface area contributed by atoms with E-state index in [1.165, 1.54) is 0 Å². The van der Waals surface area contributed by atoms with E-state index in [1.807, 2.05) is 0 Å². The van der Waals surface area contributed by atoms with Gasteiger partial charge in [0, 0.05) is 30.4 Å². The van der Waals surface area contributed by atoms with Crippen LogP contribution in [0.2, 0.25) is 0 Å². The molecule has 2 aromatic carbocycles. The Bertz CT molecular complexity index is 834. The first-order valence-corrected chi connectivity index (χ1v) is 9.13. The summed E-state index contributed by atoms with van der Waals surface area (Å²) in [5.41, 5.74) is 7.13. The Morgan fingerprint density at radius 1 is 1.14 bits per heavy atom. The van der Waals surface area contributed by atoms with Gasteiger partial charge in [-0.1, -0.05) is 25.5 Å². The lowest BCUT2D eigenvalue weighted by Crippen LogP contribution is -2.27. The Kier molecular flexibility index (Phi) is 7.56. The average Bonchev–Trinajstić information content (AvgIpc) is 2.70. The average molecular weight is 382 g/mol. The fourth-order valence-corrected chi connectivity index (χ4v) is 2.51. The highest BCUT2D eigenvalue weighted by atomic mass is 16.5. The molecule has 0 bridgehead atoms. The SMILES string of the molecule is CCCCN(C)C(=O)c1ccc(NC(=O)COc2cccc(C(=N)N)c2)cc1. The number of nitrogen functional groups attached to an aromatic ring is 1. The molecular weight excluding hydrogens is 356 g/mol. The number of amides is 2. The lowest BCUT2D eigenvalue weighted by molar-refractivity contribution is -0.118. The quantitative estimate of drug-likeness (QED) is 0.458. The second kappa shape index (κ2) is 10.1. The van der Waals surface area contributed by atoms with Gasteiger partial charge in [0.2, 0.25) is 0 Å². The van der Waals surface area contributed by atoms with Gasteiger partial charge < -0.3 is 20.7 Å². The molecule has 0 fully saturated rings. The van der Waals surface area contributed by atoms with Gasteiger partial charge >= 0.3 is 0 Å². The summed E-state index contributed by atoms with van der Waals surface area (Å²) in [5.74, 6) is 0.0242. The van der Waals surface area contributed by atoms with E-state index in [2.05, 4.69) is 12.2 Å². The van der Waals surface area contributed by atoms with Crippen molar-refractivity contribution in [2.75, 3.05) is 25.5 Å². The summed E-state index contributed by atoms with van der Waals surface area (Å²) in [7, 11) is 1.78. The van der Waals surface area contributed by atoms with E-state index in [4.69, 9.17) is 15.9 Å². The summed E-state index contributed by atoms with van der Waals surface area (Å²) in [4.78, 5) is 26.1. The van der Waals surface area contributed by atoms with Gasteiger partial charge in [-0.25, -0.2) is 0 Å². The molecule has 0 aromatic heterocycles. The molecule has 7 heteroatoms. The Balaban J connectivity index is 1.88. The van der Waals surface area contributed by atoms with Crippen LogP contribution in [-0.2, 0) is 4.79 Å². The van der Waals surface area contributed by atoms with Crippen LogP contribution in [0.15, 0.2) is 48.5 Å². The Morgan fingerprint density at radius 3 is 2.50 bits per heavy atom. The highest BCUT2D eigenvalue weighted by molar-refractivity contribution is 5.96. The van der Waals surface area contributed by atoms with Crippen molar-refractivity contribution in [2.45, 2.75) is 19.8 Å². The smallest absolute Gasteiger partial charge is 0.262 e. The highest BCUT2D eigenvalue weighted by Gasteiger charge is 2.11. The molecule has 0 unspecified atom stereocenters. The number of carbonyl (C=O) groups is 2. The third-order valence-corrected chi connectivity index (χ3v) is 4.12. The van der Waals surface area contributed by atoms with Crippen LogP contribution in [0, 0.1) is 5.41 Å². The molecule has 2 amide bonds. The molecule has 0 aliphatic carbocycles. The molecule has 2 rings (SSSR count). The first kappa shape index (κ1) is 21.0. The van der Waals surface area contributed by atoms with Crippen LogP contribution in [0.3, 0.4) is 0 Å². The predicted octanol–water partition coefficient (Wildman–Crippen LogP) is 2.86. The molecule has 28 heavy (non-hydrogen) atoms. The maximum absolute atomic E-state index is 12.3. The fraction of sp³-hybridized carbons (Fsp3) is 0.286. The lowest BCUT2D eigenvalue weighted by Gasteiger charge is -2.17. The van der Waals surface area contributed by atoms with Crippen molar-refractivity contribution in [3.8, 4) is 5.75 Å². The minimum absolute atomic E-state index is 0.0417. The number of hydrogen-bond acceptors (Lipinski definition) is 4. The molecule has 148 valence electrons. The second-order valence-corrected chi connectivity index (χ2v) is 6.44. The minimum Gasteiger partial charge on any atom is -0.484 e. The largest absolute Gasteiger partial charge is 0.484 e. The van der Waals surface area contributed by atoms with E-state index in [0.717, 1.165) is 19.4 Å². The topological polar surface area (TPSA) is 109 Å². The first-order chi connectivity index (χ1) is 13.4. The molecule has 0 radical (unpaired) electrons. The van der Waals surface area contributed by atoms with Gasteiger partial charge in [0.15, 0.2) is 6.61 Å². The van der Waals surface area contributed by atoms with Crippen molar-refractivity contribution in [1.29, 1.82) is 5.41 Å². The third-order valence-electron chi connectivity index (χ3n) is 4.12. The van der Waals surface area contributed by atoms with E-state index in [-0.39, 0.29) is 24.3 Å². The number of hydrogen-bond donors (Lipinski definition) is 3. The lowest BCUT2D eigenvalue weighted by atomic mass is 10.1. The Morgan fingerprint density at radius 2 is 1.86 bits per heavy atom. The number of rotatable bonds is 9. The zero-order valence-corrected chi connectivity index (χ0v) is 16.2. The van der Waals surface area contributed by atoms with Crippen molar-refractivity contribution in [2.24, 2.45) is 5.73 Å². The first-order valence-electron chi connectivity index (χ1n) is 9.13. The van der Waals surface area contributed by atoms with Crippen LogP contribution in [0.25, 0.3) is 0 Å². The predicted molar refractivity (Wildman–Crippen MR) is 110 cm³/mol. The Labute approximate surface area is 165 Å². The van der Waals surface area contributed by atoms with Crippen molar-refractivity contribution < 1.29 is 14.3 Å². The maximum atomic E-state index is 12.3. The molecule has 0 aliphatic rings. The Hall–Kier alpha value is -3.35. The van der Waals surface area contributed by atoms with Crippen LogP contribution in [0.5, 0.6) is 5.75 Å². The van der Waals surface area contributed by atoms with Crippen LogP contribution < -0.4 is 15.8 Å². The van der Waals surface area contributed by atoms with E-state index in [1.54, 1.807) is 60.5 Å². The van der Waals surface area contributed by atoms with Gasteiger partial charge in [0.25, 0.3) is 11.8 Å². The third kappa shape index (κ3) is 6.12. The number of amidine groups is 1. The molecular formula is C21H26N4O3. The number of ether oxygens (including phenoxy) is 1. The zero-order valence-electron chi connectivity index (χ0n) is 16.2. The maximum Gasteiger partial charge on any atom is 0.262 e. The minimum atomic E-state index is -0.327. The molecule has 0 spiro atoms. The fourth-order valence-electron chi connectivity index (χ4n) is 2.51. The molecule has 4 N–H and O–H groups in total. The number of carbonyl (C=O) groups excluding carboxylic acids is 2. The standard InChI is InChI=1S/C21H26N4O3/c1-3-4-12-25(2)21(27)15-8-10-17(11-9-15)24-19(26)14-28-18-7-5-6-16(13-18)20(22)23/h5-11,13H,3-4,12,14H2,1-2H3,(H3,22,23)(H,24,26). The van der Waals surface area contributed by atoms with Crippen molar-refractivity contribution in [3.63, 3.8) is 0 Å².